The molecule has 0 saturated heterocycles. The minimum absolute atomic E-state index is 0.815. The summed E-state index contributed by atoms with van der Waals surface area (Å²) >= 11 is 3.40. The first-order chi connectivity index (χ1) is 28.5. The monoisotopic (exact) mass is 796 g/mol. The fourth-order valence-corrected chi connectivity index (χ4v) is 8.34. The summed E-state index contributed by atoms with van der Waals surface area (Å²) in [6, 6.07) is 58.2. The van der Waals surface area contributed by atoms with Crippen molar-refractivity contribution >= 4 is 56.8 Å². The van der Waals surface area contributed by atoms with Gasteiger partial charge in [0.2, 0.25) is 0 Å². The van der Waals surface area contributed by atoms with Crippen molar-refractivity contribution in [2.75, 3.05) is 38.2 Å². The van der Waals surface area contributed by atoms with Crippen molar-refractivity contribution in [3.8, 4) is 55.7 Å². The number of ether oxygens (including phenoxy) is 4. The van der Waals surface area contributed by atoms with E-state index in [1.807, 2.05) is 48.5 Å². The van der Waals surface area contributed by atoms with Crippen molar-refractivity contribution in [1.82, 2.24) is 0 Å². The second-order valence-corrected chi connectivity index (χ2v) is 15.3. The molecule has 6 nitrogen and oxygen atoms in total. The summed E-state index contributed by atoms with van der Waals surface area (Å²) in [6.07, 6.45) is 0. The zero-order valence-electron chi connectivity index (χ0n) is 32.5. The van der Waals surface area contributed by atoms with Gasteiger partial charge in [-0.25, -0.2) is 0 Å². The van der Waals surface area contributed by atoms with Gasteiger partial charge >= 0.3 is 0 Å². The lowest BCUT2D eigenvalue weighted by atomic mass is 10.1. The van der Waals surface area contributed by atoms with Gasteiger partial charge in [0.05, 0.1) is 38.2 Å². The van der Waals surface area contributed by atoms with Gasteiger partial charge in [-0.3, -0.25) is 0 Å². The van der Waals surface area contributed by atoms with Crippen molar-refractivity contribution in [2.24, 2.45) is 0 Å². The Bertz CT molecular complexity index is 2360. The number of rotatable bonds is 12. The molecule has 0 amide bonds. The summed E-state index contributed by atoms with van der Waals surface area (Å²) < 4.78 is 21.7. The molecule has 0 N–H and O–H groups in total. The maximum Gasteiger partial charge on any atom is 0.119 e. The van der Waals surface area contributed by atoms with E-state index in [0.717, 1.165) is 78.0 Å². The molecule has 8 rings (SSSR count). The number of hydrogen-bond acceptors (Lipinski definition) is 8. The molecular formula is C50H40N2O4S2. The second kappa shape index (κ2) is 17.5. The summed E-state index contributed by atoms with van der Waals surface area (Å²) in [7, 11) is 6.72. The van der Waals surface area contributed by atoms with Gasteiger partial charge in [-0.05, 0) is 169 Å². The van der Waals surface area contributed by atoms with Gasteiger partial charge < -0.3 is 28.7 Å². The van der Waals surface area contributed by atoms with E-state index in [2.05, 4.69) is 143 Å². The molecule has 8 heteroatoms. The third-order valence-electron chi connectivity index (χ3n) is 9.66. The normalized spacial score (nSPS) is 10.6. The first-order valence-electron chi connectivity index (χ1n) is 18.6. The van der Waals surface area contributed by atoms with E-state index in [1.165, 1.54) is 9.75 Å². The Morgan fingerprint density at radius 1 is 0.310 bits per heavy atom. The van der Waals surface area contributed by atoms with E-state index >= 15 is 0 Å². The molecule has 0 atom stereocenters. The molecule has 0 bridgehead atoms. The Balaban J connectivity index is 0.979. The van der Waals surface area contributed by atoms with Gasteiger partial charge in [-0.1, -0.05) is 24.3 Å². The molecule has 58 heavy (non-hydrogen) atoms. The standard InChI is InChI=1S/C50H40N2O4S2/c1-53-43-21-13-39(14-22-43)51(40-15-23-44(54-2)24-16-40)37-9-5-35(6-10-37)49-33-31-47(57-49)29-30-48-32-34-50(58-48)36-7-11-38(12-8-36)52(41-17-25-45(55-3)26-18-41)42-19-27-46(56-4)28-20-42/h5-28,31-34H,1-4H3. The predicted molar refractivity (Wildman–Crippen MR) is 241 cm³/mol. The lowest BCUT2D eigenvalue weighted by Gasteiger charge is -2.26. The van der Waals surface area contributed by atoms with Gasteiger partial charge in [-0.2, -0.15) is 0 Å². The lowest BCUT2D eigenvalue weighted by Crippen LogP contribution is -2.09. The molecule has 0 spiro atoms. The summed E-state index contributed by atoms with van der Waals surface area (Å²) in [5.41, 5.74) is 8.50. The van der Waals surface area contributed by atoms with Crippen LogP contribution in [0.25, 0.3) is 20.9 Å². The minimum Gasteiger partial charge on any atom is -0.497 e. The van der Waals surface area contributed by atoms with Crippen LogP contribution in [0.5, 0.6) is 23.0 Å². The van der Waals surface area contributed by atoms with Crippen molar-refractivity contribution in [1.29, 1.82) is 0 Å². The highest BCUT2D eigenvalue weighted by molar-refractivity contribution is 7.16. The molecule has 0 aliphatic rings. The van der Waals surface area contributed by atoms with Crippen molar-refractivity contribution in [3.63, 3.8) is 0 Å². The number of thiophene rings is 2. The molecule has 0 aliphatic carbocycles. The van der Waals surface area contributed by atoms with Crippen LogP contribution in [0.3, 0.4) is 0 Å². The minimum atomic E-state index is 0.815. The molecule has 286 valence electrons. The molecule has 0 unspecified atom stereocenters. The van der Waals surface area contributed by atoms with Gasteiger partial charge in [0.15, 0.2) is 0 Å². The lowest BCUT2D eigenvalue weighted by molar-refractivity contribution is 0.414. The Hall–Kier alpha value is -6.92. The van der Waals surface area contributed by atoms with Crippen LogP contribution in [0.2, 0.25) is 0 Å². The van der Waals surface area contributed by atoms with Crippen molar-refractivity contribution in [2.45, 2.75) is 0 Å². The highest BCUT2D eigenvalue weighted by Gasteiger charge is 2.16. The smallest absolute Gasteiger partial charge is 0.119 e. The van der Waals surface area contributed by atoms with Crippen LogP contribution in [-0.4, -0.2) is 28.4 Å². The summed E-state index contributed by atoms with van der Waals surface area (Å²) in [6.45, 7) is 0. The molecule has 0 saturated carbocycles. The Morgan fingerprint density at radius 3 is 0.793 bits per heavy atom. The first kappa shape index (κ1) is 38.0. The average molecular weight is 797 g/mol. The predicted octanol–water partition coefficient (Wildman–Crippen LogP) is 13.5. The zero-order chi connectivity index (χ0) is 39.8. The zero-order valence-corrected chi connectivity index (χ0v) is 34.1. The molecule has 6 aromatic carbocycles. The fraction of sp³-hybridized carbons (Fsp3) is 0.0800. The summed E-state index contributed by atoms with van der Waals surface area (Å²) in [5, 5.41) is 0. The molecular weight excluding hydrogens is 757 g/mol. The maximum absolute atomic E-state index is 5.41. The Labute approximate surface area is 347 Å². The number of benzene rings is 6. The van der Waals surface area contributed by atoms with Crippen LogP contribution in [0.15, 0.2) is 170 Å². The molecule has 0 aliphatic heterocycles. The van der Waals surface area contributed by atoms with E-state index in [0.29, 0.717) is 0 Å². The van der Waals surface area contributed by atoms with Crippen LogP contribution in [0, 0.1) is 11.8 Å². The fourth-order valence-electron chi connectivity index (χ4n) is 6.61. The molecule has 0 fully saturated rings. The second-order valence-electron chi connectivity index (χ2n) is 13.1. The highest BCUT2D eigenvalue weighted by atomic mass is 32.1. The van der Waals surface area contributed by atoms with Crippen LogP contribution >= 0.6 is 22.7 Å². The van der Waals surface area contributed by atoms with Gasteiger partial charge in [0.25, 0.3) is 0 Å². The SMILES string of the molecule is COc1ccc(N(c2ccc(OC)cc2)c2ccc(-c3ccc(C#Cc4ccc(-c5ccc(N(c6ccc(OC)cc6)c6ccc(OC)cc6)cc5)s4)s3)cc2)cc1. The third-order valence-corrected chi connectivity index (χ3v) is 11.8. The maximum atomic E-state index is 5.41. The van der Waals surface area contributed by atoms with Gasteiger partial charge in [-0.15, -0.1) is 22.7 Å². The van der Waals surface area contributed by atoms with E-state index in [4.69, 9.17) is 18.9 Å². The molecule has 2 aromatic heterocycles. The van der Waals surface area contributed by atoms with Crippen molar-refractivity contribution < 1.29 is 18.9 Å². The van der Waals surface area contributed by atoms with Crippen LogP contribution in [0.4, 0.5) is 34.1 Å². The van der Waals surface area contributed by atoms with Gasteiger partial charge in [0, 0.05) is 43.9 Å². The van der Waals surface area contributed by atoms with Crippen LogP contribution in [-0.2, 0) is 0 Å². The quantitative estimate of drug-likeness (QED) is 0.115. The Morgan fingerprint density at radius 2 is 0.552 bits per heavy atom. The molecule has 0 radical (unpaired) electrons. The number of methoxy groups -OCH3 is 4. The molecule has 2 heterocycles. The number of anilines is 6. The number of nitrogens with zero attached hydrogens (tertiary/aromatic N) is 2. The highest BCUT2D eigenvalue weighted by Crippen LogP contribution is 2.40. The third kappa shape index (κ3) is 8.42. The average Bonchev–Trinajstić information content (AvgIpc) is 3.98. The van der Waals surface area contributed by atoms with E-state index in [1.54, 1.807) is 51.1 Å². The van der Waals surface area contributed by atoms with Gasteiger partial charge in [0.1, 0.15) is 23.0 Å². The summed E-state index contributed by atoms with van der Waals surface area (Å²) in [5.74, 6) is 10.1. The van der Waals surface area contributed by atoms with E-state index < -0.39 is 0 Å². The first-order valence-corrected chi connectivity index (χ1v) is 20.2. The molecule has 8 aromatic rings. The van der Waals surface area contributed by atoms with E-state index in [-0.39, 0.29) is 0 Å². The van der Waals surface area contributed by atoms with Crippen LogP contribution in [0.1, 0.15) is 9.75 Å². The topological polar surface area (TPSA) is 43.4 Å². The van der Waals surface area contributed by atoms with Crippen LogP contribution < -0.4 is 28.7 Å². The number of hydrogen-bond donors (Lipinski definition) is 0. The van der Waals surface area contributed by atoms with E-state index in [9.17, 15) is 0 Å². The van der Waals surface area contributed by atoms with Crippen molar-refractivity contribution in [3.05, 3.63) is 180 Å². The largest absolute Gasteiger partial charge is 0.497 e. The summed E-state index contributed by atoms with van der Waals surface area (Å²) in [4.78, 5) is 8.82. The Kier molecular flexibility index (Phi) is 11.4.